The molecule has 1 saturated heterocycles. The lowest BCUT2D eigenvalue weighted by Crippen LogP contribution is -2.35. The number of ether oxygens (including phenoxy) is 1. The molecule has 2 atom stereocenters. The molecule has 0 saturated carbocycles. The van der Waals surface area contributed by atoms with Crippen LogP contribution < -0.4 is 0 Å². The van der Waals surface area contributed by atoms with Gasteiger partial charge in [-0.2, -0.15) is 0 Å². The molecule has 0 bridgehead atoms. The minimum Gasteiger partial charge on any atom is -0.480 e. The fraction of sp³-hybridized carbons (Fsp3) is 0.833. The normalized spacial score (nSPS) is 23.6. The first-order chi connectivity index (χ1) is 8.02. The summed E-state index contributed by atoms with van der Waals surface area (Å²) in [6.07, 6.45) is 3.57. The van der Waals surface area contributed by atoms with E-state index in [1.54, 1.807) is 6.92 Å². The number of amides is 1. The summed E-state index contributed by atoms with van der Waals surface area (Å²) in [7, 11) is 0. The SMILES string of the molecule is CCN(CC(=O)O)C(=O)CCC1CCC(C)O1. The van der Waals surface area contributed by atoms with E-state index in [0.717, 1.165) is 12.8 Å². The van der Waals surface area contributed by atoms with Gasteiger partial charge >= 0.3 is 5.97 Å². The quantitative estimate of drug-likeness (QED) is 0.762. The van der Waals surface area contributed by atoms with E-state index in [1.807, 2.05) is 6.92 Å². The molecule has 1 rings (SSSR count). The average molecular weight is 243 g/mol. The van der Waals surface area contributed by atoms with Gasteiger partial charge in [-0.1, -0.05) is 0 Å². The molecule has 1 aliphatic heterocycles. The second kappa shape index (κ2) is 6.59. The average Bonchev–Trinajstić information content (AvgIpc) is 2.68. The van der Waals surface area contributed by atoms with Crippen LogP contribution in [-0.2, 0) is 14.3 Å². The van der Waals surface area contributed by atoms with Crippen LogP contribution in [0.3, 0.4) is 0 Å². The highest BCUT2D eigenvalue weighted by molar-refractivity contribution is 5.81. The van der Waals surface area contributed by atoms with Gasteiger partial charge < -0.3 is 14.7 Å². The summed E-state index contributed by atoms with van der Waals surface area (Å²) in [5.74, 6) is -1.07. The van der Waals surface area contributed by atoms with Crippen LogP contribution in [0.1, 0.15) is 39.5 Å². The Labute approximate surface area is 102 Å². The standard InChI is InChI=1S/C12H21NO4/c1-3-13(8-12(15)16)11(14)7-6-10-5-4-9(2)17-10/h9-10H,3-8H2,1-2H3,(H,15,16). The van der Waals surface area contributed by atoms with E-state index in [0.29, 0.717) is 19.4 Å². The molecule has 1 amide bonds. The van der Waals surface area contributed by atoms with Crippen LogP contribution in [0.4, 0.5) is 0 Å². The van der Waals surface area contributed by atoms with E-state index in [4.69, 9.17) is 9.84 Å². The van der Waals surface area contributed by atoms with Crippen molar-refractivity contribution in [2.24, 2.45) is 0 Å². The van der Waals surface area contributed by atoms with Crippen molar-refractivity contribution in [2.45, 2.75) is 51.7 Å². The van der Waals surface area contributed by atoms with E-state index in [2.05, 4.69) is 0 Å². The van der Waals surface area contributed by atoms with E-state index >= 15 is 0 Å². The minimum absolute atomic E-state index is 0.0990. The fourth-order valence-electron chi connectivity index (χ4n) is 2.08. The van der Waals surface area contributed by atoms with Gasteiger partial charge in [0.05, 0.1) is 12.2 Å². The molecule has 0 spiro atoms. The topological polar surface area (TPSA) is 66.8 Å². The summed E-state index contributed by atoms with van der Waals surface area (Å²) in [5, 5.41) is 8.66. The molecule has 0 aromatic rings. The second-order valence-electron chi connectivity index (χ2n) is 4.49. The maximum atomic E-state index is 11.8. The summed E-state index contributed by atoms with van der Waals surface area (Å²) in [6, 6.07) is 0. The van der Waals surface area contributed by atoms with Crippen LogP contribution >= 0.6 is 0 Å². The molecule has 0 aromatic heterocycles. The Hall–Kier alpha value is -1.10. The molecule has 1 N–H and O–H groups in total. The molecule has 1 fully saturated rings. The zero-order valence-electron chi connectivity index (χ0n) is 10.5. The molecule has 1 heterocycles. The van der Waals surface area contributed by atoms with Crippen molar-refractivity contribution in [2.75, 3.05) is 13.1 Å². The Morgan fingerprint density at radius 3 is 2.59 bits per heavy atom. The molecule has 5 heteroatoms. The molecule has 5 nitrogen and oxygen atoms in total. The van der Waals surface area contributed by atoms with Gasteiger partial charge in [-0.25, -0.2) is 0 Å². The predicted molar refractivity (Wildman–Crippen MR) is 62.7 cm³/mol. The molecule has 2 unspecified atom stereocenters. The van der Waals surface area contributed by atoms with E-state index < -0.39 is 5.97 Å². The summed E-state index contributed by atoms with van der Waals surface area (Å²) in [5.41, 5.74) is 0. The van der Waals surface area contributed by atoms with Crippen molar-refractivity contribution in [1.29, 1.82) is 0 Å². The first kappa shape index (κ1) is 14.0. The third-order valence-corrected chi connectivity index (χ3v) is 3.06. The van der Waals surface area contributed by atoms with E-state index in [1.165, 1.54) is 4.90 Å². The zero-order chi connectivity index (χ0) is 12.8. The number of hydrogen-bond donors (Lipinski definition) is 1. The summed E-state index contributed by atoms with van der Waals surface area (Å²) in [6.45, 7) is 4.05. The van der Waals surface area contributed by atoms with E-state index in [-0.39, 0.29) is 24.7 Å². The number of nitrogens with zero attached hydrogens (tertiary/aromatic N) is 1. The lowest BCUT2D eigenvalue weighted by molar-refractivity contribution is -0.144. The highest BCUT2D eigenvalue weighted by Gasteiger charge is 2.23. The van der Waals surface area contributed by atoms with Gasteiger partial charge in [-0.05, 0) is 33.1 Å². The van der Waals surface area contributed by atoms with Gasteiger partial charge in [-0.15, -0.1) is 0 Å². The van der Waals surface area contributed by atoms with Crippen LogP contribution in [0.2, 0.25) is 0 Å². The summed E-state index contributed by atoms with van der Waals surface area (Å²) in [4.78, 5) is 23.7. The predicted octanol–water partition coefficient (Wildman–Crippen LogP) is 1.27. The molecule has 0 aromatic carbocycles. The summed E-state index contributed by atoms with van der Waals surface area (Å²) >= 11 is 0. The number of hydrogen-bond acceptors (Lipinski definition) is 3. The van der Waals surface area contributed by atoms with Gasteiger partial charge in [0.1, 0.15) is 6.54 Å². The van der Waals surface area contributed by atoms with Gasteiger partial charge in [0.2, 0.25) is 5.91 Å². The Balaban J connectivity index is 2.29. The fourth-order valence-corrected chi connectivity index (χ4v) is 2.08. The van der Waals surface area contributed by atoms with Crippen LogP contribution in [0.5, 0.6) is 0 Å². The number of carbonyl (C=O) groups excluding carboxylic acids is 1. The minimum atomic E-state index is -0.967. The van der Waals surface area contributed by atoms with Gasteiger partial charge in [0.25, 0.3) is 0 Å². The van der Waals surface area contributed by atoms with Crippen molar-refractivity contribution in [3.63, 3.8) is 0 Å². The molecule has 0 aliphatic carbocycles. The smallest absolute Gasteiger partial charge is 0.323 e. The maximum absolute atomic E-state index is 11.8. The van der Waals surface area contributed by atoms with Crippen molar-refractivity contribution >= 4 is 11.9 Å². The summed E-state index contributed by atoms with van der Waals surface area (Å²) < 4.78 is 5.62. The van der Waals surface area contributed by atoms with Crippen LogP contribution in [0, 0.1) is 0 Å². The molecule has 17 heavy (non-hydrogen) atoms. The van der Waals surface area contributed by atoms with Crippen LogP contribution in [0.25, 0.3) is 0 Å². The largest absolute Gasteiger partial charge is 0.480 e. The van der Waals surface area contributed by atoms with Crippen LogP contribution in [0.15, 0.2) is 0 Å². The highest BCUT2D eigenvalue weighted by atomic mass is 16.5. The van der Waals surface area contributed by atoms with Gasteiger partial charge in [0, 0.05) is 13.0 Å². The van der Waals surface area contributed by atoms with Crippen LogP contribution in [-0.4, -0.2) is 47.2 Å². The van der Waals surface area contributed by atoms with Crippen molar-refractivity contribution in [3.05, 3.63) is 0 Å². The Bertz CT molecular complexity index is 280. The molecular formula is C12H21NO4. The second-order valence-corrected chi connectivity index (χ2v) is 4.49. The number of carboxylic acid groups (broad SMARTS) is 1. The Kier molecular flexibility index (Phi) is 5.41. The molecule has 98 valence electrons. The third-order valence-electron chi connectivity index (χ3n) is 3.06. The van der Waals surface area contributed by atoms with Crippen molar-refractivity contribution in [3.8, 4) is 0 Å². The number of carboxylic acids is 1. The lowest BCUT2D eigenvalue weighted by Gasteiger charge is -2.19. The molecule has 0 radical (unpaired) electrons. The van der Waals surface area contributed by atoms with Crippen molar-refractivity contribution < 1.29 is 19.4 Å². The van der Waals surface area contributed by atoms with Crippen molar-refractivity contribution in [1.82, 2.24) is 4.90 Å². The molecule has 1 aliphatic rings. The first-order valence-corrected chi connectivity index (χ1v) is 6.18. The number of rotatable bonds is 6. The number of likely N-dealkylation sites (N-methyl/N-ethyl adjacent to an activating group) is 1. The maximum Gasteiger partial charge on any atom is 0.323 e. The zero-order valence-corrected chi connectivity index (χ0v) is 10.5. The number of carbonyl (C=O) groups is 2. The molecular weight excluding hydrogens is 222 g/mol. The Morgan fingerprint density at radius 1 is 1.41 bits per heavy atom. The monoisotopic (exact) mass is 243 g/mol. The Morgan fingerprint density at radius 2 is 2.12 bits per heavy atom. The van der Waals surface area contributed by atoms with E-state index in [9.17, 15) is 9.59 Å². The first-order valence-electron chi connectivity index (χ1n) is 6.18. The highest BCUT2D eigenvalue weighted by Crippen LogP contribution is 2.22. The third kappa shape index (κ3) is 4.73. The number of aliphatic carboxylic acids is 1. The van der Waals surface area contributed by atoms with Gasteiger partial charge in [0.15, 0.2) is 0 Å². The lowest BCUT2D eigenvalue weighted by atomic mass is 10.1. The van der Waals surface area contributed by atoms with Gasteiger partial charge in [-0.3, -0.25) is 9.59 Å².